The minimum Gasteiger partial charge on any atom is -0.340 e. The van der Waals surface area contributed by atoms with Crippen molar-refractivity contribution in [2.24, 2.45) is 7.05 Å². The Bertz CT molecular complexity index is 557. The van der Waals surface area contributed by atoms with E-state index in [0.717, 1.165) is 10.9 Å². The molecule has 0 amide bonds. The maximum Gasteiger partial charge on any atom is 0.176 e. The molecule has 2 rings (SSSR count). The Labute approximate surface area is 97.4 Å². The maximum absolute atomic E-state index is 11.3. The standard InChI is InChI=1S/C11H9Cl2NO/c1-6(15)10-4-7-3-8(12)5-9(13)11(7)14(10)2/h3-5H,1-2H3. The molecule has 15 heavy (non-hydrogen) atoms. The van der Waals surface area contributed by atoms with Gasteiger partial charge in [0.2, 0.25) is 0 Å². The molecule has 0 aliphatic heterocycles. The van der Waals surface area contributed by atoms with Crippen LogP contribution >= 0.6 is 23.2 Å². The number of benzene rings is 1. The summed E-state index contributed by atoms with van der Waals surface area (Å²) >= 11 is 12.0. The van der Waals surface area contributed by atoms with Crippen LogP contribution in [0.25, 0.3) is 10.9 Å². The molecule has 1 aromatic heterocycles. The molecule has 2 aromatic rings. The van der Waals surface area contributed by atoms with E-state index in [1.165, 1.54) is 6.92 Å². The molecule has 0 spiro atoms. The van der Waals surface area contributed by atoms with E-state index in [2.05, 4.69) is 0 Å². The number of ketones is 1. The third-order valence-corrected chi connectivity index (χ3v) is 2.91. The molecular weight excluding hydrogens is 233 g/mol. The second kappa shape index (κ2) is 3.54. The quantitative estimate of drug-likeness (QED) is 0.699. The van der Waals surface area contributed by atoms with E-state index < -0.39 is 0 Å². The highest BCUT2D eigenvalue weighted by Crippen LogP contribution is 2.30. The van der Waals surface area contributed by atoms with Gasteiger partial charge in [-0.1, -0.05) is 23.2 Å². The maximum atomic E-state index is 11.3. The van der Waals surface area contributed by atoms with Crippen molar-refractivity contribution in [3.63, 3.8) is 0 Å². The molecule has 0 bridgehead atoms. The minimum absolute atomic E-state index is 0.0147. The van der Waals surface area contributed by atoms with Crippen molar-refractivity contribution in [1.82, 2.24) is 4.57 Å². The summed E-state index contributed by atoms with van der Waals surface area (Å²) in [6.07, 6.45) is 0. The van der Waals surface area contributed by atoms with Crippen molar-refractivity contribution in [3.8, 4) is 0 Å². The van der Waals surface area contributed by atoms with Gasteiger partial charge in [0.1, 0.15) is 0 Å². The number of fused-ring (bicyclic) bond motifs is 1. The van der Waals surface area contributed by atoms with Crippen LogP contribution in [0.2, 0.25) is 10.0 Å². The summed E-state index contributed by atoms with van der Waals surface area (Å²) in [5.41, 5.74) is 1.47. The second-order valence-corrected chi connectivity index (χ2v) is 4.31. The Kier molecular flexibility index (Phi) is 2.49. The number of rotatable bonds is 1. The van der Waals surface area contributed by atoms with Gasteiger partial charge in [0.05, 0.1) is 16.2 Å². The number of halogens is 2. The van der Waals surface area contributed by atoms with Crippen molar-refractivity contribution >= 4 is 39.9 Å². The zero-order valence-electron chi connectivity index (χ0n) is 8.34. The van der Waals surface area contributed by atoms with Gasteiger partial charge in [-0.2, -0.15) is 0 Å². The van der Waals surface area contributed by atoms with Gasteiger partial charge in [-0.25, -0.2) is 0 Å². The summed E-state index contributed by atoms with van der Waals surface area (Å²) in [4.78, 5) is 11.3. The van der Waals surface area contributed by atoms with Crippen LogP contribution in [0.15, 0.2) is 18.2 Å². The first-order valence-electron chi connectivity index (χ1n) is 4.46. The van der Waals surface area contributed by atoms with Crippen molar-refractivity contribution in [3.05, 3.63) is 33.9 Å². The third kappa shape index (κ3) is 1.64. The van der Waals surface area contributed by atoms with E-state index in [0.29, 0.717) is 15.7 Å². The van der Waals surface area contributed by atoms with E-state index >= 15 is 0 Å². The average molecular weight is 242 g/mol. The summed E-state index contributed by atoms with van der Waals surface area (Å²) in [6, 6.07) is 5.28. The number of carbonyl (C=O) groups is 1. The summed E-state index contributed by atoms with van der Waals surface area (Å²) < 4.78 is 1.79. The number of Topliss-reactive ketones (excluding diaryl/α,β-unsaturated/α-hetero) is 1. The lowest BCUT2D eigenvalue weighted by atomic mass is 10.2. The predicted molar refractivity (Wildman–Crippen MR) is 62.9 cm³/mol. The summed E-state index contributed by atoms with van der Waals surface area (Å²) in [6.45, 7) is 1.53. The molecule has 78 valence electrons. The van der Waals surface area contributed by atoms with E-state index in [-0.39, 0.29) is 5.78 Å². The smallest absolute Gasteiger partial charge is 0.176 e. The molecule has 1 aromatic carbocycles. The molecule has 0 aliphatic carbocycles. The number of nitrogens with zero attached hydrogens (tertiary/aromatic N) is 1. The Hall–Kier alpha value is -0.990. The molecule has 0 N–H and O–H groups in total. The monoisotopic (exact) mass is 241 g/mol. The van der Waals surface area contributed by atoms with Crippen molar-refractivity contribution in [1.29, 1.82) is 0 Å². The topological polar surface area (TPSA) is 22.0 Å². The van der Waals surface area contributed by atoms with Crippen LogP contribution in [0.4, 0.5) is 0 Å². The van der Waals surface area contributed by atoms with Gasteiger partial charge in [-0.15, -0.1) is 0 Å². The molecule has 0 aliphatic rings. The Morgan fingerprint density at radius 1 is 1.27 bits per heavy atom. The first-order chi connectivity index (χ1) is 7.00. The molecule has 0 saturated heterocycles. The number of aromatic nitrogens is 1. The Balaban J connectivity index is 2.88. The highest BCUT2D eigenvalue weighted by Gasteiger charge is 2.12. The molecule has 0 saturated carbocycles. The zero-order chi connectivity index (χ0) is 11.2. The first-order valence-corrected chi connectivity index (χ1v) is 5.21. The predicted octanol–water partition coefficient (Wildman–Crippen LogP) is 3.69. The molecule has 0 unspecified atom stereocenters. The van der Waals surface area contributed by atoms with Crippen LogP contribution in [0.5, 0.6) is 0 Å². The first kappa shape index (κ1) is 10.5. The van der Waals surface area contributed by atoms with Crippen molar-refractivity contribution in [2.45, 2.75) is 6.92 Å². The molecule has 0 fully saturated rings. The van der Waals surface area contributed by atoms with Crippen LogP contribution in [-0.4, -0.2) is 10.4 Å². The SMILES string of the molecule is CC(=O)c1cc2cc(Cl)cc(Cl)c2n1C. The van der Waals surface area contributed by atoms with E-state index in [9.17, 15) is 4.79 Å². The van der Waals surface area contributed by atoms with Crippen molar-refractivity contribution < 1.29 is 4.79 Å². The highest BCUT2D eigenvalue weighted by molar-refractivity contribution is 6.38. The summed E-state index contributed by atoms with van der Waals surface area (Å²) in [5.74, 6) is 0.0147. The summed E-state index contributed by atoms with van der Waals surface area (Å²) in [5, 5.41) is 2.03. The molecule has 1 heterocycles. The Morgan fingerprint density at radius 2 is 1.93 bits per heavy atom. The molecule has 2 nitrogen and oxygen atoms in total. The normalized spacial score (nSPS) is 10.9. The van der Waals surface area contributed by atoms with Gasteiger partial charge in [0.25, 0.3) is 0 Å². The fraction of sp³-hybridized carbons (Fsp3) is 0.182. The van der Waals surface area contributed by atoms with Crippen LogP contribution in [-0.2, 0) is 7.05 Å². The summed E-state index contributed by atoms with van der Waals surface area (Å²) in [7, 11) is 1.82. The lowest BCUT2D eigenvalue weighted by molar-refractivity contribution is 0.101. The molecule has 0 atom stereocenters. The van der Waals surface area contributed by atoms with Crippen LogP contribution in [0, 0.1) is 0 Å². The van der Waals surface area contributed by atoms with Gasteiger partial charge >= 0.3 is 0 Å². The second-order valence-electron chi connectivity index (χ2n) is 3.47. The molecule has 4 heteroatoms. The zero-order valence-corrected chi connectivity index (χ0v) is 9.86. The number of hydrogen-bond acceptors (Lipinski definition) is 1. The van der Waals surface area contributed by atoms with E-state index in [1.54, 1.807) is 22.8 Å². The van der Waals surface area contributed by atoms with Crippen LogP contribution in [0.1, 0.15) is 17.4 Å². The number of hydrogen-bond donors (Lipinski definition) is 0. The average Bonchev–Trinajstić information content (AvgIpc) is 2.42. The minimum atomic E-state index is 0.0147. The van der Waals surface area contributed by atoms with Crippen LogP contribution < -0.4 is 0 Å². The van der Waals surface area contributed by atoms with E-state index in [1.807, 2.05) is 7.05 Å². The van der Waals surface area contributed by atoms with Crippen molar-refractivity contribution in [2.75, 3.05) is 0 Å². The fourth-order valence-corrected chi connectivity index (χ4v) is 2.39. The molecule has 0 radical (unpaired) electrons. The van der Waals surface area contributed by atoms with E-state index in [4.69, 9.17) is 23.2 Å². The largest absolute Gasteiger partial charge is 0.340 e. The lowest BCUT2D eigenvalue weighted by Crippen LogP contribution is -2.00. The van der Waals surface area contributed by atoms with Gasteiger partial charge in [-0.3, -0.25) is 4.79 Å². The Morgan fingerprint density at radius 3 is 2.53 bits per heavy atom. The van der Waals surface area contributed by atoms with Crippen LogP contribution in [0.3, 0.4) is 0 Å². The fourth-order valence-electron chi connectivity index (χ4n) is 1.75. The third-order valence-electron chi connectivity index (χ3n) is 2.41. The van der Waals surface area contributed by atoms with Gasteiger partial charge in [0.15, 0.2) is 5.78 Å². The number of carbonyl (C=O) groups excluding carboxylic acids is 1. The number of aryl methyl sites for hydroxylation is 1. The van der Waals surface area contributed by atoms with Gasteiger partial charge in [0, 0.05) is 24.4 Å². The molecular formula is C11H9Cl2NO. The van der Waals surface area contributed by atoms with Gasteiger partial charge < -0.3 is 4.57 Å². The lowest BCUT2D eigenvalue weighted by Gasteiger charge is -2.02. The highest BCUT2D eigenvalue weighted by atomic mass is 35.5. The van der Waals surface area contributed by atoms with Gasteiger partial charge in [-0.05, 0) is 18.2 Å².